The van der Waals surface area contributed by atoms with Crippen LogP contribution in [0.3, 0.4) is 0 Å². The average molecular weight is 378 g/mol. The van der Waals surface area contributed by atoms with Crippen LogP contribution in [0, 0.1) is 0 Å². The van der Waals surface area contributed by atoms with Crippen LogP contribution in [-0.4, -0.2) is 37.0 Å². The summed E-state index contributed by atoms with van der Waals surface area (Å²) in [5, 5.41) is 0. The number of rotatable bonds is 5. The molecule has 2 N–H and O–H groups in total. The number of methoxy groups -OCH3 is 1. The van der Waals surface area contributed by atoms with Gasteiger partial charge in [0.25, 0.3) is 0 Å². The summed E-state index contributed by atoms with van der Waals surface area (Å²) >= 11 is 3.46. The molecule has 1 fully saturated rings. The molecule has 1 amide bonds. The van der Waals surface area contributed by atoms with E-state index in [0.29, 0.717) is 13.0 Å². The van der Waals surface area contributed by atoms with E-state index < -0.39 is 0 Å². The highest BCUT2D eigenvalue weighted by Gasteiger charge is 2.26. The standard InChI is InChI=1S/C15H21BrN2O2.ClH/c1-20-14-6-4-11(9-13(14)16)5-7-15(19)18-8-2-3-12(18)10-17;/h4,6,9,12H,2-3,5,7-8,10,17H2,1H3;1H. The van der Waals surface area contributed by atoms with Crippen LogP contribution in [0.2, 0.25) is 0 Å². The van der Waals surface area contributed by atoms with Gasteiger partial charge in [-0.1, -0.05) is 6.07 Å². The maximum absolute atomic E-state index is 12.2. The topological polar surface area (TPSA) is 55.6 Å². The monoisotopic (exact) mass is 376 g/mol. The lowest BCUT2D eigenvalue weighted by Gasteiger charge is -2.23. The summed E-state index contributed by atoms with van der Waals surface area (Å²) in [6.07, 6.45) is 3.39. The molecule has 0 bridgehead atoms. The maximum atomic E-state index is 12.2. The van der Waals surface area contributed by atoms with Crippen molar-refractivity contribution in [3.63, 3.8) is 0 Å². The molecule has 1 aromatic rings. The van der Waals surface area contributed by atoms with E-state index in [1.165, 1.54) is 0 Å². The van der Waals surface area contributed by atoms with E-state index in [9.17, 15) is 4.79 Å². The Morgan fingerprint density at radius 1 is 1.52 bits per heavy atom. The third-order valence-corrected chi connectivity index (χ3v) is 4.43. The second-order valence-corrected chi connectivity index (χ2v) is 5.94. The second-order valence-electron chi connectivity index (χ2n) is 5.09. The number of aryl methyl sites for hydroxylation is 1. The molecule has 21 heavy (non-hydrogen) atoms. The van der Waals surface area contributed by atoms with Crippen molar-refractivity contribution in [1.29, 1.82) is 0 Å². The van der Waals surface area contributed by atoms with Crippen LogP contribution in [0.4, 0.5) is 0 Å². The number of carbonyl (C=O) groups is 1. The summed E-state index contributed by atoms with van der Waals surface area (Å²) in [5.74, 6) is 1.02. The Kier molecular flexibility index (Phi) is 7.49. The van der Waals surface area contributed by atoms with Gasteiger partial charge in [-0.25, -0.2) is 0 Å². The lowest BCUT2D eigenvalue weighted by atomic mass is 10.1. The minimum absolute atomic E-state index is 0. The smallest absolute Gasteiger partial charge is 0.223 e. The summed E-state index contributed by atoms with van der Waals surface area (Å²) in [7, 11) is 1.64. The van der Waals surface area contributed by atoms with Crippen molar-refractivity contribution in [2.45, 2.75) is 31.7 Å². The first-order valence-electron chi connectivity index (χ1n) is 6.97. The highest BCUT2D eigenvalue weighted by atomic mass is 79.9. The molecule has 1 aromatic carbocycles. The third-order valence-electron chi connectivity index (χ3n) is 3.81. The highest BCUT2D eigenvalue weighted by molar-refractivity contribution is 9.10. The fourth-order valence-electron chi connectivity index (χ4n) is 2.67. The molecule has 0 aliphatic carbocycles. The summed E-state index contributed by atoms with van der Waals surface area (Å²) in [4.78, 5) is 14.2. The molecule has 118 valence electrons. The van der Waals surface area contributed by atoms with Gasteiger partial charge in [-0.2, -0.15) is 0 Å². The van der Waals surface area contributed by atoms with E-state index in [1.54, 1.807) is 7.11 Å². The lowest BCUT2D eigenvalue weighted by molar-refractivity contribution is -0.131. The van der Waals surface area contributed by atoms with Gasteiger partial charge in [0.1, 0.15) is 5.75 Å². The van der Waals surface area contributed by atoms with Gasteiger partial charge in [0.2, 0.25) is 5.91 Å². The molecule has 0 spiro atoms. The van der Waals surface area contributed by atoms with Crippen LogP contribution in [0.25, 0.3) is 0 Å². The molecule has 0 saturated carbocycles. The van der Waals surface area contributed by atoms with Crippen molar-refractivity contribution < 1.29 is 9.53 Å². The number of likely N-dealkylation sites (tertiary alicyclic amines) is 1. The molecule has 1 unspecified atom stereocenters. The van der Waals surface area contributed by atoms with Crippen molar-refractivity contribution in [1.82, 2.24) is 4.90 Å². The third kappa shape index (κ3) is 4.59. The van der Waals surface area contributed by atoms with E-state index in [0.717, 1.165) is 41.6 Å². The average Bonchev–Trinajstić information content (AvgIpc) is 2.93. The molecule has 2 rings (SSSR count). The van der Waals surface area contributed by atoms with Gasteiger partial charge in [0.05, 0.1) is 11.6 Å². The van der Waals surface area contributed by atoms with Crippen molar-refractivity contribution in [3.8, 4) is 5.75 Å². The SMILES string of the molecule is COc1ccc(CCC(=O)N2CCCC2CN)cc1Br.Cl. The van der Waals surface area contributed by atoms with E-state index in [4.69, 9.17) is 10.5 Å². The Morgan fingerprint density at radius 3 is 2.90 bits per heavy atom. The molecule has 6 heteroatoms. The molecule has 1 atom stereocenters. The van der Waals surface area contributed by atoms with E-state index in [1.807, 2.05) is 23.1 Å². The maximum Gasteiger partial charge on any atom is 0.223 e. The quantitative estimate of drug-likeness (QED) is 0.858. The van der Waals surface area contributed by atoms with E-state index >= 15 is 0 Å². The Labute approximate surface area is 140 Å². The Hall–Kier alpha value is -0.780. The molecular formula is C15H22BrClN2O2. The van der Waals surface area contributed by atoms with Gasteiger partial charge in [0.15, 0.2) is 0 Å². The number of ether oxygens (including phenoxy) is 1. The molecular weight excluding hydrogens is 356 g/mol. The fraction of sp³-hybridized carbons (Fsp3) is 0.533. The van der Waals surface area contributed by atoms with Gasteiger partial charge < -0.3 is 15.4 Å². The van der Waals surface area contributed by atoms with Crippen molar-refractivity contribution in [2.75, 3.05) is 20.2 Å². The number of hydrogen-bond acceptors (Lipinski definition) is 3. The molecule has 0 aromatic heterocycles. The molecule has 4 nitrogen and oxygen atoms in total. The predicted molar refractivity (Wildman–Crippen MR) is 90.1 cm³/mol. The Morgan fingerprint density at radius 2 is 2.29 bits per heavy atom. The van der Waals surface area contributed by atoms with E-state index in [-0.39, 0.29) is 24.4 Å². The molecule has 1 aliphatic rings. The molecule has 1 heterocycles. The normalized spacial score (nSPS) is 17.5. The summed E-state index contributed by atoms with van der Waals surface area (Å²) < 4.78 is 6.12. The van der Waals surface area contributed by atoms with Crippen LogP contribution < -0.4 is 10.5 Å². The van der Waals surface area contributed by atoms with Crippen LogP contribution in [0.15, 0.2) is 22.7 Å². The van der Waals surface area contributed by atoms with Crippen LogP contribution in [-0.2, 0) is 11.2 Å². The number of nitrogens with two attached hydrogens (primary N) is 1. The largest absolute Gasteiger partial charge is 0.496 e. The summed E-state index contributed by atoms with van der Waals surface area (Å²) in [6, 6.07) is 6.17. The number of nitrogens with zero attached hydrogens (tertiary/aromatic N) is 1. The fourth-order valence-corrected chi connectivity index (χ4v) is 3.26. The van der Waals surface area contributed by atoms with Crippen molar-refractivity contribution in [2.24, 2.45) is 5.73 Å². The number of hydrogen-bond donors (Lipinski definition) is 1. The zero-order valence-electron chi connectivity index (χ0n) is 12.2. The van der Waals surface area contributed by atoms with Gasteiger partial charge in [0, 0.05) is 25.6 Å². The Balaban J connectivity index is 0.00000220. The number of amides is 1. The summed E-state index contributed by atoms with van der Waals surface area (Å²) in [6.45, 7) is 1.42. The first kappa shape index (κ1) is 18.3. The van der Waals surface area contributed by atoms with Gasteiger partial charge in [-0.05, 0) is 52.9 Å². The van der Waals surface area contributed by atoms with Gasteiger partial charge >= 0.3 is 0 Å². The first-order valence-corrected chi connectivity index (χ1v) is 7.77. The highest BCUT2D eigenvalue weighted by Crippen LogP contribution is 2.26. The van der Waals surface area contributed by atoms with Crippen molar-refractivity contribution >= 4 is 34.2 Å². The minimum atomic E-state index is 0. The first-order chi connectivity index (χ1) is 9.65. The molecule has 1 saturated heterocycles. The predicted octanol–water partition coefficient (Wildman–Crippen LogP) is 2.76. The van der Waals surface area contributed by atoms with Gasteiger partial charge in [-0.15, -0.1) is 12.4 Å². The molecule has 0 radical (unpaired) electrons. The van der Waals surface area contributed by atoms with E-state index in [2.05, 4.69) is 15.9 Å². The van der Waals surface area contributed by atoms with Gasteiger partial charge in [-0.3, -0.25) is 4.79 Å². The zero-order valence-corrected chi connectivity index (χ0v) is 14.6. The number of halogens is 2. The van der Waals surface area contributed by atoms with Crippen LogP contribution >= 0.6 is 28.3 Å². The van der Waals surface area contributed by atoms with Crippen LogP contribution in [0.1, 0.15) is 24.8 Å². The zero-order chi connectivity index (χ0) is 14.5. The molecule has 1 aliphatic heterocycles. The Bertz CT molecular complexity index is 485. The number of carbonyl (C=O) groups excluding carboxylic acids is 1. The summed E-state index contributed by atoms with van der Waals surface area (Å²) in [5.41, 5.74) is 6.84. The minimum Gasteiger partial charge on any atom is -0.496 e. The van der Waals surface area contributed by atoms with Crippen LogP contribution in [0.5, 0.6) is 5.75 Å². The van der Waals surface area contributed by atoms with Crippen molar-refractivity contribution in [3.05, 3.63) is 28.2 Å². The lowest BCUT2D eigenvalue weighted by Crippen LogP contribution is -2.39. The second kappa shape index (κ2) is 8.61. The number of benzene rings is 1.